The van der Waals surface area contributed by atoms with Crippen molar-refractivity contribution in [1.29, 1.82) is 0 Å². The first-order valence-corrected chi connectivity index (χ1v) is 10.2. The summed E-state index contributed by atoms with van der Waals surface area (Å²) in [6.07, 6.45) is 1.23. The standard InChI is InChI=1S/C27H23NO3/c29-18-25(17-20-6-2-1-3-7-20)28-27(30)23-12-14-26(15-13-23)31-19-21-10-11-22-8-4-5-9-24(22)16-21/h1-16,18,25H,17,19H2,(H,28,30)/t25-/m0/s1. The van der Waals surface area contributed by atoms with Gasteiger partial charge in [0, 0.05) is 5.56 Å². The summed E-state index contributed by atoms with van der Waals surface area (Å²) in [6.45, 7) is 0.445. The van der Waals surface area contributed by atoms with Gasteiger partial charge >= 0.3 is 0 Å². The Balaban J connectivity index is 1.34. The molecule has 0 aliphatic carbocycles. The van der Waals surface area contributed by atoms with Crippen molar-refractivity contribution >= 4 is 23.0 Å². The van der Waals surface area contributed by atoms with Crippen LogP contribution in [0.4, 0.5) is 0 Å². The van der Waals surface area contributed by atoms with Gasteiger partial charge in [-0.05, 0) is 58.7 Å². The number of carbonyl (C=O) groups is 2. The Morgan fingerprint density at radius 1 is 0.806 bits per heavy atom. The quantitative estimate of drug-likeness (QED) is 0.419. The lowest BCUT2D eigenvalue weighted by atomic mass is 10.1. The van der Waals surface area contributed by atoms with Crippen LogP contribution in [0.3, 0.4) is 0 Å². The van der Waals surface area contributed by atoms with E-state index < -0.39 is 6.04 Å². The first kappa shape index (κ1) is 20.4. The highest BCUT2D eigenvalue weighted by atomic mass is 16.5. The molecule has 0 bridgehead atoms. The predicted octanol–water partition coefficient (Wildman–Crippen LogP) is 4.96. The van der Waals surface area contributed by atoms with Crippen LogP contribution in [-0.2, 0) is 17.8 Å². The molecule has 1 amide bonds. The zero-order chi connectivity index (χ0) is 21.5. The average Bonchev–Trinajstić information content (AvgIpc) is 2.83. The molecule has 0 aromatic heterocycles. The molecule has 4 nitrogen and oxygen atoms in total. The molecule has 0 saturated heterocycles. The predicted molar refractivity (Wildman–Crippen MR) is 122 cm³/mol. The van der Waals surface area contributed by atoms with E-state index in [1.165, 1.54) is 10.8 Å². The molecular weight excluding hydrogens is 386 g/mol. The van der Waals surface area contributed by atoms with Gasteiger partial charge in [-0.25, -0.2) is 0 Å². The van der Waals surface area contributed by atoms with Crippen molar-refractivity contribution in [3.8, 4) is 5.75 Å². The molecule has 0 unspecified atom stereocenters. The lowest BCUT2D eigenvalue weighted by molar-refractivity contribution is -0.109. The van der Waals surface area contributed by atoms with Crippen LogP contribution < -0.4 is 10.1 Å². The van der Waals surface area contributed by atoms with Crippen LogP contribution in [0.15, 0.2) is 97.1 Å². The van der Waals surface area contributed by atoms with Crippen molar-refractivity contribution in [2.75, 3.05) is 0 Å². The van der Waals surface area contributed by atoms with E-state index in [0.717, 1.165) is 17.4 Å². The maximum Gasteiger partial charge on any atom is 0.251 e. The molecule has 1 atom stereocenters. The zero-order valence-corrected chi connectivity index (χ0v) is 17.0. The summed E-state index contributed by atoms with van der Waals surface area (Å²) >= 11 is 0. The van der Waals surface area contributed by atoms with Crippen molar-refractivity contribution < 1.29 is 14.3 Å². The van der Waals surface area contributed by atoms with Crippen molar-refractivity contribution in [3.63, 3.8) is 0 Å². The minimum absolute atomic E-state index is 0.283. The van der Waals surface area contributed by atoms with E-state index in [9.17, 15) is 9.59 Å². The van der Waals surface area contributed by atoms with E-state index in [4.69, 9.17) is 4.74 Å². The SMILES string of the molecule is O=C[C@H](Cc1ccccc1)NC(=O)c1ccc(OCc2ccc3ccccc3c2)cc1. The Bertz CT molecular complexity index is 1170. The maximum absolute atomic E-state index is 12.5. The zero-order valence-electron chi connectivity index (χ0n) is 17.0. The molecule has 4 heteroatoms. The van der Waals surface area contributed by atoms with E-state index in [2.05, 4.69) is 35.6 Å². The van der Waals surface area contributed by atoms with Crippen LogP contribution in [-0.4, -0.2) is 18.2 Å². The fourth-order valence-electron chi connectivity index (χ4n) is 3.45. The fourth-order valence-corrected chi connectivity index (χ4v) is 3.45. The van der Waals surface area contributed by atoms with Gasteiger partial charge < -0.3 is 14.8 Å². The van der Waals surface area contributed by atoms with Gasteiger partial charge in [0.1, 0.15) is 18.6 Å². The molecule has 0 radical (unpaired) electrons. The van der Waals surface area contributed by atoms with Crippen molar-refractivity contribution in [2.24, 2.45) is 0 Å². The second kappa shape index (κ2) is 9.72. The van der Waals surface area contributed by atoms with Crippen molar-refractivity contribution in [1.82, 2.24) is 5.32 Å². The molecule has 4 aromatic carbocycles. The molecule has 4 aromatic rings. The van der Waals surface area contributed by atoms with E-state index in [0.29, 0.717) is 24.3 Å². The summed E-state index contributed by atoms with van der Waals surface area (Å²) in [5, 5.41) is 5.15. The van der Waals surface area contributed by atoms with Crippen LogP contribution in [0.5, 0.6) is 5.75 Å². The van der Waals surface area contributed by atoms with Gasteiger partial charge in [0.05, 0.1) is 6.04 Å². The van der Waals surface area contributed by atoms with E-state index in [-0.39, 0.29) is 5.91 Å². The van der Waals surface area contributed by atoms with Crippen LogP contribution in [0.1, 0.15) is 21.5 Å². The molecule has 0 fully saturated rings. The first-order valence-electron chi connectivity index (χ1n) is 10.2. The number of hydrogen-bond donors (Lipinski definition) is 1. The lowest BCUT2D eigenvalue weighted by Gasteiger charge is -2.13. The Kier molecular flexibility index (Phi) is 6.38. The molecule has 0 aliphatic heterocycles. The Morgan fingerprint density at radius 3 is 2.26 bits per heavy atom. The van der Waals surface area contributed by atoms with E-state index in [1.807, 2.05) is 42.5 Å². The topological polar surface area (TPSA) is 55.4 Å². The Hall–Kier alpha value is -3.92. The first-order chi connectivity index (χ1) is 15.2. The molecule has 0 spiro atoms. The summed E-state index contributed by atoms with van der Waals surface area (Å²) in [6, 6.07) is 30.4. The summed E-state index contributed by atoms with van der Waals surface area (Å²) < 4.78 is 5.87. The Morgan fingerprint density at radius 2 is 1.52 bits per heavy atom. The summed E-state index contributed by atoms with van der Waals surface area (Å²) in [7, 11) is 0. The fraction of sp³-hybridized carbons (Fsp3) is 0.111. The number of benzene rings is 4. The van der Waals surface area contributed by atoms with Crippen LogP contribution >= 0.6 is 0 Å². The van der Waals surface area contributed by atoms with Gasteiger partial charge in [-0.1, -0.05) is 66.7 Å². The van der Waals surface area contributed by atoms with Gasteiger partial charge in [-0.15, -0.1) is 0 Å². The summed E-state index contributed by atoms with van der Waals surface area (Å²) in [5.74, 6) is 0.398. The number of fused-ring (bicyclic) bond motifs is 1. The highest BCUT2D eigenvalue weighted by molar-refractivity contribution is 5.95. The molecule has 4 rings (SSSR count). The maximum atomic E-state index is 12.5. The largest absolute Gasteiger partial charge is 0.489 e. The third-order valence-electron chi connectivity index (χ3n) is 5.12. The van der Waals surface area contributed by atoms with Crippen LogP contribution in [0.2, 0.25) is 0 Å². The Labute approximate surface area is 181 Å². The second-order valence-corrected chi connectivity index (χ2v) is 7.40. The number of hydrogen-bond acceptors (Lipinski definition) is 3. The summed E-state index contributed by atoms with van der Waals surface area (Å²) in [5.41, 5.74) is 2.56. The number of nitrogens with one attached hydrogen (secondary N) is 1. The number of carbonyl (C=O) groups excluding carboxylic acids is 2. The molecule has 0 saturated carbocycles. The van der Waals surface area contributed by atoms with E-state index >= 15 is 0 Å². The van der Waals surface area contributed by atoms with Crippen molar-refractivity contribution in [2.45, 2.75) is 19.1 Å². The molecule has 31 heavy (non-hydrogen) atoms. The minimum Gasteiger partial charge on any atom is -0.489 e. The highest BCUT2D eigenvalue weighted by Gasteiger charge is 2.13. The third kappa shape index (κ3) is 5.37. The smallest absolute Gasteiger partial charge is 0.251 e. The number of rotatable bonds is 8. The minimum atomic E-state index is -0.571. The van der Waals surface area contributed by atoms with Crippen molar-refractivity contribution in [3.05, 3.63) is 114 Å². The molecular formula is C27H23NO3. The number of aldehydes is 1. The molecule has 0 heterocycles. The van der Waals surface area contributed by atoms with Gasteiger partial charge in [0.15, 0.2) is 0 Å². The monoisotopic (exact) mass is 409 g/mol. The second-order valence-electron chi connectivity index (χ2n) is 7.40. The van der Waals surface area contributed by atoms with Crippen LogP contribution in [0, 0.1) is 0 Å². The molecule has 154 valence electrons. The normalized spacial score (nSPS) is 11.6. The van der Waals surface area contributed by atoms with E-state index in [1.54, 1.807) is 24.3 Å². The van der Waals surface area contributed by atoms with Gasteiger partial charge in [0.25, 0.3) is 5.91 Å². The summed E-state index contributed by atoms with van der Waals surface area (Å²) in [4.78, 5) is 23.9. The number of amides is 1. The number of ether oxygens (including phenoxy) is 1. The molecule has 1 N–H and O–H groups in total. The van der Waals surface area contributed by atoms with Crippen LogP contribution in [0.25, 0.3) is 10.8 Å². The molecule has 0 aliphatic rings. The third-order valence-corrected chi connectivity index (χ3v) is 5.12. The van der Waals surface area contributed by atoms with Gasteiger partial charge in [-0.3, -0.25) is 4.79 Å². The average molecular weight is 409 g/mol. The highest BCUT2D eigenvalue weighted by Crippen LogP contribution is 2.18. The van der Waals surface area contributed by atoms with Gasteiger partial charge in [0.2, 0.25) is 0 Å². The lowest BCUT2D eigenvalue weighted by Crippen LogP contribution is -2.37. The van der Waals surface area contributed by atoms with Gasteiger partial charge in [-0.2, -0.15) is 0 Å².